The van der Waals surface area contributed by atoms with Crippen LogP contribution in [0.1, 0.15) is 31.2 Å². The molecular formula is C15H22BrNO. The lowest BCUT2D eigenvalue weighted by Crippen LogP contribution is -2.42. The molecule has 0 N–H and O–H groups in total. The Morgan fingerprint density at radius 3 is 2.33 bits per heavy atom. The van der Waals surface area contributed by atoms with Gasteiger partial charge in [-0.15, -0.1) is 17.0 Å². The topological polar surface area (TPSA) is 12.5 Å². The van der Waals surface area contributed by atoms with E-state index in [2.05, 4.69) is 42.3 Å². The van der Waals surface area contributed by atoms with Crippen LogP contribution < -0.4 is 0 Å². The fourth-order valence-electron chi connectivity index (χ4n) is 3.29. The molecule has 0 spiro atoms. The number of rotatable bonds is 3. The zero-order chi connectivity index (χ0) is 11.7. The minimum Gasteiger partial charge on any atom is -0.373 e. The Morgan fingerprint density at radius 1 is 1.11 bits per heavy atom. The predicted molar refractivity (Wildman–Crippen MR) is 79.1 cm³/mol. The summed E-state index contributed by atoms with van der Waals surface area (Å²) in [6, 6.07) is 12.0. The Labute approximate surface area is 120 Å². The van der Waals surface area contributed by atoms with E-state index in [0.29, 0.717) is 6.10 Å². The van der Waals surface area contributed by atoms with E-state index in [1.54, 1.807) is 0 Å². The van der Waals surface area contributed by atoms with Gasteiger partial charge in [-0.25, -0.2) is 0 Å². The van der Waals surface area contributed by atoms with E-state index in [4.69, 9.17) is 4.74 Å². The molecule has 0 radical (unpaired) electrons. The van der Waals surface area contributed by atoms with Crippen LogP contribution >= 0.6 is 17.0 Å². The zero-order valence-electron chi connectivity index (χ0n) is 10.9. The Bertz CT molecular complexity index is 356. The molecule has 2 saturated heterocycles. The molecule has 2 fully saturated rings. The van der Waals surface area contributed by atoms with Crippen molar-refractivity contribution in [3.63, 3.8) is 0 Å². The first-order chi connectivity index (χ1) is 8.33. The van der Waals surface area contributed by atoms with Crippen molar-refractivity contribution in [2.45, 2.75) is 50.5 Å². The molecule has 2 unspecified atom stereocenters. The van der Waals surface area contributed by atoms with Gasteiger partial charge in [0.25, 0.3) is 0 Å². The average Bonchev–Trinajstić information content (AvgIpc) is 2.61. The highest BCUT2D eigenvalue weighted by molar-refractivity contribution is 8.93. The highest BCUT2D eigenvalue weighted by Gasteiger charge is 2.38. The molecule has 2 bridgehead atoms. The SMILES string of the molecule is Br.CN1C2CCC1CC(OCc1ccccc1)C2. The summed E-state index contributed by atoms with van der Waals surface area (Å²) in [6.45, 7) is 0.772. The number of hydrogen-bond donors (Lipinski definition) is 0. The summed E-state index contributed by atoms with van der Waals surface area (Å²) in [5.74, 6) is 0. The molecule has 18 heavy (non-hydrogen) atoms. The van der Waals surface area contributed by atoms with E-state index in [0.717, 1.165) is 18.7 Å². The molecule has 0 aliphatic carbocycles. The molecular weight excluding hydrogens is 290 g/mol. The molecule has 3 heteroatoms. The van der Waals surface area contributed by atoms with Gasteiger partial charge in [-0.2, -0.15) is 0 Å². The van der Waals surface area contributed by atoms with Crippen LogP contribution in [0.25, 0.3) is 0 Å². The number of benzene rings is 1. The van der Waals surface area contributed by atoms with Crippen LogP contribution in [0, 0.1) is 0 Å². The summed E-state index contributed by atoms with van der Waals surface area (Å²) >= 11 is 0. The second kappa shape index (κ2) is 6.18. The van der Waals surface area contributed by atoms with Gasteiger partial charge in [0.1, 0.15) is 0 Å². The van der Waals surface area contributed by atoms with Gasteiger partial charge in [0.2, 0.25) is 0 Å². The maximum Gasteiger partial charge on any atom is 0.0720 e. The van der Waals surface area contributed by atoms with Crippen molar-refractivity contribution in [3.8, 4) is 0 Å². The molecule has 3 rings (SSSR count). The smallest absolute Gasteiger partial charge is 0.0720 e. The maximum absolute atomic E-state index is 6.07. The number of hydrogen-bond acceptors (Lipinski definition) is 2. The third-order valence-corrected chi connectivity index (χ3v) is 4.38. The number of piperidine rings is 1. The lowest BCUT2D eigenvalue weighted by Gasteiger charge is -2.36. The molecule has 0 aromatic heterocycles. The monoisotopic (exact) mass is 311 g/mol. The van der Waals surface area contributed by atoms with Gasteiger partial charge in [-0.1, -0.05) is 30.3 Å². The fourth-order valence-corrected chi connectivity index (χ4v) is 3.29. The van der Waals surface area contributed by atoms with Gasteiger partial charge in [0.05, 0.1) is 12.7 Å². The summed E-state index contributed by atoms with van der Waals surface area (Å²) in [6.07, 6.45) is 5.65. The first-order valence-corrected chi connectivity index (χ1v) is 6.70. The Hall–Kier alpha value is -0.380. The Morgan fingerprint density at radius 2 is 1.72 bits per heavy atom. The van der Waals surface area contributed by atoms with Gasteiger partial charge < -0.3 is 9.64 Å². The van der Waals surface area contributed by atoms with Crippen molar-refractivity contribution in [2.75, 3.05) is 7.05 Å². The van der Waals surface area contributed by atoms with E-state index in [-0.39, 0.29) is 17.0 Å². The van der Waals surface area contributed by atoms with E-state index in [1.807, 2.05) is 0 Å². The van der Waals surface area contributed by atoms with Crippen LogP contribution in [-0.2, 0) is 11.3 Å². The molecule has 2 nitrogen and oxygen atoms in total. The molecule has 2 atom stereocenters. The van der Waals surface area contributed by atoms with Crippen LogP contribution in [0.4, 0.5) is 0 Å². The molecule has 1 aromatic carbocycles. The predicted octanol–water partition coefficient (Wildman–Crippen LogP) is 3.41. The third kappa shape index (κ3) is 2.95. The Balaban J connectivity index is 0.00000120. The molecule has 1 aromatic rings. The molecule has 0 saturated carbocycles. The van der Waals surface area contributed by atoms with E-state index < -0.39 is 0 Å². The fraction of sp³-hybridized carbons (Fsp3) is 0.600. The standard InChI is InChI=1S/C15H21NO.BrH/c1-16-13-7-8-14(16)10-15(9-13)17-11-12-5-3-2-4-6-12;/h2-6,13-15H,7-11H2,1H3;1H. The highest BCUT2D eigenvalue weighted by Crippen LogP contribution is 2.35. The number of nitrogens with zero attached hydrogens (tertiary/aromatic N) is 1. The largest absolute Gasteiger partial charge is 0.373 e. The van der Waals surface area contributed by atoms with Crippen molar-refractivity contribution in [3.05, 3.63) is 35.9 Å². The zero-order valence-corrected chi connectivity index (χ0v) is 12.6. The lowest BCUT2D eigenvalue weighted by molar-refractivity contribution is -0.0211. The Kier molecular flexibility index (Phi) is 4.82. The normalized spacial score (nSPS) is 31.1. The number of ether oxygens (including phenoxy) is 1. The molecule has 100 valence electrons. The van der Waals surface area contributed by atoms with Gasteiger partial charge in [0, 0.05) is 12.1 Å². The van der Waals surface area contributed by atoms with Crippen molar-refractivity contribution < 1.29 is 4.74 Å². The van der Waals surface area contributed by atoms with Crippen LogP contribution in [0.5, 0.6) is 0 Å². The molecule has 2 aliphatic heterocycles. The van der Waals surface area contributed by atoms with Crippen molar-refractivity contribution >= 4 is 17.0 Å². The molecule has 2 heterocycles. The quantitative estimate of drug-likeness (QED) is 0.848. The van der Waals surface area contributed by atoms with Gasteiger partial charge in [-0.3, -0.25) is 0 Å². The third-order valence-electron chi connectivity index (χ3n) is 4.38. The van der Waals surface area contributed by atoms with Crippen molar-refractivity contribution in [1.82, 2.24) is 4.90 Å². The number of fused-ring (bicyclic) bond motifs is 2. The summed E-state index contributed by atoms with van der Waals surface area (Å²) in [5, 5.41) is 0. The molecule has 0 amide bonds. The second-order valence-electron chi connectivity index (χ2n) is 5.44. The summed E-state index contributed by atoms with van der Waals surface area (Å²) in [4.78, 5) is 2.56. The average molecular weight is 312 g/mol. The van der Waals surface area contributed by atoms with Crippen LogP contribution in [0.15, 0.2) is 30.3 Å². The first kappa shape index (κ1) is 14.0. The van der Waals surface area contributed by atoms with Gasteiger partial charge in [-0.05, 0) is 38.3 Å². The minimum atomic E-state index is 0. The van der Waals surface area contributed by atoms with Crippen LogP contribution in [0.3, 0.4) is 0 Å². The van der Waals surface area contributed by atoms with E-state index in [9.17, 15) is 0 Å². The summed E-state index contributed by atoms with van der Waals surface area (Å²) in [5.41, 5.74) is 1.29. The van der Waals surface area contributed by atoms with Crippen LogP contribution in [0.2, 0.25) is 0 Å². The van der Waals surface area contributed by atoms with Crippen LogP contribution in [-0.4, -0.2) is 30.1 Å². The first-order valence-electron chi connectivity index (χ1n) is 6.70. The van der Waals surface area contributed by atoms with Gasteiger partial charge in [0.15, 0.2) is 0 Å². The second-order valence-corrected chi connectivity index (χ2v) is 5.44. The maximum atomic E-state index is 6.07. The van der Waals surface area contributed by atoms with Crippen molar-refractivity contribution in [2.24, 2.45) is 0 Å². The van der Waals surface area contributed by atoms with E-state index in [1.165, 1.54) is 31.2 Å². The van der Waals surface area contributed by atoms with Crippen molar-refractivity contribution in [1.29, 1.82) is 0 Å². The van der Waals surface area contributed by atoms with E-state index >= 15 is 0 Å². The van der Waals surface area contributed by atoms with Gasteiger partial charge >= 0.3 is 0 Å². The summed E-state index contributed by atoms with van der Waals surface area (Å²) in [7, 11) is 2.27. The lowest BCUT2D eigenvalue weighted by atomic mass is 10.0. The number of halogens is 1. The highest BCUT2D eigenvalue weighted by atomic mass is 79.9. The summed E-state index contributed by atoms with van der Waals surface area (Å²) < 4.78 is 6.07. The molecule has 2 aliphatic rings. The minimum absolute atomic E-state index is 0.